The number of rotatable bonds is 5. The third kappa shape index (κ3) is 4.14. The SMILES string of the molecule is CCc1sc2ccccc2c1CN1CCC2NC(Cc3ccccc3)CCC2C1. The van der Waals surface area contributed by atoms with E-state index in [9.17, 15) is 0 Å². The molecule has 5 rings (SSSR count). The van der Waals surface area contributed by atoms with Crippen LogP contribution in [0.3, 0.4) is 0 Å². The fraction of sp³-hybridized carbons (Fsp3) is 0.462. The molecule has 0 spiro atoms. The lowest BCUT2D eigenvalue weighted by atomic mass is 9.81. The van der Waals surface area contributed by atoms with E-state index in [1.165, 1.54) is 54.4 Å². The summed E-state index contributed by atoms with van der Waals surface area (Å²) in [6.45, 7) is 5.91. The van der Waals surface area contributed by atoms with Gasteiger partial charge in [0.2, 0.25) is 0 Å². The van der Waals surface area contributed by atoms with Crippen molar-refractivity contribution >= 4 is 21.4 Å². The molecule has 3 aromatic rings. The zero-order chi connectivity index (χ0) is 19.6. The standard InChI is InChI=1S/C26H32N2S/c1-2-25-23(22-10-6-7-11-26(22)29-25)18-28-15-14-24-20(17-28)12-13-21(27-24)16-19-8-4-3-5-9-19/h3-11,20-21,24,27H,2,12-18H2,1H3. The third-order valence-corrected chi connectivity index (χ3v) is 8.32. The van der Waals surface area contributed by atoms with Gasteiger partial charge in [-0.05, 0) is 67.1 Å². The molecular formula is C26H32N2S. The lowest BCUT2D eigenvalue weighted by Crippen LogP contribution is -2.55. The van der Waals surface area contributed by atoms with Gasteiger partial charge in [0.25, 0.3) is 0 Å². The predicted molar refractivity (Wildman–Crippen MR) is 125 cm³/mol. The number of nitrogens with one attached hydrogen (secondary N) is 1. The molecule has 2 nitrogen and oxygen atoms in total. The maximum Gasteiger partial charge on any atom is 0.0349 e. The summed E-state index contributed by atoms with van der Waals surface area (Å²) in [5, 5.41) is 5.50. The molecule has 0 amide bonds. The number of benzene rings is 2. The van der Waals surface area contributed by atoms with Crippen LogP contribution < -0.4 is 5.32 Å². The van der Waals surface area contributed by atoms with E-state index in [-0.39, 0.29) is 0 Å². The van der Waals surface area contributed by atoms with E-state index in [1.807, 2.05) is 11.3 Å². The Balaban J connectivity index is 1.23. The minimum Gasteiger partial charge on any atom is -0.311 e. The summed E-state index contributed by atoms with van der Waals surface area (Å²) in [7, 11) is 0. The molecule has 29 heavy (non-hydrogen) atoms. The number of thiophene rings is 1. The number of hydrogen-bond acceptors (Lipinski definition) is 3. The first-order chi connectivity index (χ1) is 14.3. The van der Waals surface area contributed by atoms with Gasteiger partial charge in [-0.25, -0.2) is 0 Å². The zero-order valence-electron chi connectivity index (χ0n) is 17.4. The third-order valence-electron chi connectivity index (χ3n) is 6.96. The van der Waals surface area contributed by atoms with Crippen molar-refractivity contribution in [3.05, 3.63) is 70.6 Å². The minimum atomic E-state index is 0.651. The highest BCUT2D eigenvalue weighted by atomic mass is 32.1. The van der Waals surface area contributed by atoms with E-state index < -0.39 is 0 Å². The van der Waals surface area contributed by atoms with Crippen LogP contribution in [0.2, 0.25) is 0 Å². The van der Waals surface area contributed by atoms with Crippen LogP contribution in [0.15, 0.2) is 54.6 Å². The van der Waals surface area contributed by atoms with Gasteiger partial charge in [0.15, 0.2) is 0 Å². The quantitative estimate of drug-likeness (QED) is 0.591. The van der Waals surface area contributed by atoms with Crippen LogP contribution in [-0.4, -0.2) is 30.1 Å². The van der Waals surface area contributed by atoms with E-state index in [2.05, 4.69) is 71.7 Å². The van der Waals surface area contributed by atoms with Crippen molar-refractivity contribution in [2.24, 2.45) is 5.92 Å². The highest BCUT2D eigenvalue weighted by molar-refractivity contribution is 7.19. The lowest BCUT2D eigenvalue weighted by Gasteiger charge is -2.44. The van der Waals surface area contributed by atoms with E-state index in [1.54, 1.807) is 10.4 Å². The number of aryl methyl sites for hydroxylation is 1. The molecule has 152 valence electrons. The Morgan fingerprint density at radius 3 is 2.69 bits per heavy atom. The second-order valence-electron chi connectivity index (χ2n) is 8.87. The number of hydrogen-bond donors (Lipinski definition) is 1. The number of likely N-dealkylation sites (tertiary alicyclic amines) is 1. The van der Waals surface area contributed by atoms with E-state index in [4.69, 9.17) is 0 Å². The number of nitrogens with zero attached hydrogens (tertiary/aromatic N) is 1. The van der Waals surface area contributed by atoms with Gasteiger partial charge in [-0.1, -0.05) is 55.5 Å². The van der Waals surface area contributed by atoms with E-state index in [0.717, 1.165) is 18.9 Å². The second kappa shape index (κ2) is 8.59. The molecule has 2 aliphatic heterocycles. The van der Waals surface area contributed by atoms with Crippen LogP contribution in [0, 0.1) is 5.92 Å². The van der Waals surface area contributed by atoms with Gasteiger partial charge < -0.3 is 5.32 Å². The summed E-state index contributed by atoms with van der Waals surface area (Å²) in [6, 6.07) is 21.3. The first kappa shape index (κ1) is 19.3. The molecule has 0 saturated carbocycles. The molecule has 2 fully saturated rings. The molecule has 3 atom stereocenters. The van der Waals surface area contributed by atoms with Crippen LogP contribution in [0.25, 0.3) is 10.1 Å². The molecule has 0 radical (unpaired) electrons. The van der Waals surface area contributed by atoms with Crippen molar-refractivity contribution in [2.75, 3.05) is 13.1 Å². The minimum absolute atomic E-state index is 0.651. The predicted octanol–water partition coefficient (Wildman–Crippen LogP) is 5.65. The summed E-state index contributed by atoms with van der Waals surface area (Å²) < 4.78 is 1.46. The van der Waals surface area contributed by atoms with Gasteiger partial charge in [0.1, 0.15) is 0 Å². The van der Waals surface area contributed by atoms with Crippen molar-refractivity contribution in [3.63, 3.8) is 0 Å². The molecule has 3 unspecified atom stereocenters. The van der Waals surface area contributed by atoms with Crippen LogP contribution in [0.4, 0.5) is 0 Å². The Kier molecular flexibility index (Phi) is 5.72. The summed E-state index contributed by atoms with van der Waals surface area (Å²) in [6.07, 6.45) is 6.30. The number of piperidine rings is 2. The summed E-state index contributed by atoms with van der Waals surface area (Å²) in [5.41, 5.74) is 3.06. The van der Waals surface area contributed by atoms with Crippen molar-refractivity contribution in [3.8, 4) is 0 Å². The van der Waals surface area contributed by atoms with Gasteiger partial charge in [-0.2, -0.15) is 0 Å². The molecule has 1 aromatic heterocycles. The van der Waals surface area contributed by atoms with Gasteiger partial charge in [-0.15, -0.1) is 11.3 Å². The molecule has 0 aliphatic carbocycles. The monoisotopic (exact) mass is 404 g/mol. The van der Waals surface area contributed by atoms with Gasteiger partial charge in [0.05, 0.1) is 0 Å². The van der Waals surface area contributed by atoms with Crippen molar-refractivity contribution < 1.29 is 0 Å². The molecule has 3 heterocycles. The fourth-order valence-corrected chi connectivity index (χ4v) is 6.61. The maximum atomic E-state index is 4.01. The normalized spacial score (nSPS) is 25.2. The van der Waals surface area contributed by atoms with Gasteiger partial charge in [0, 0.05) is 34.8 Å². The highest BCUT2D eigenvalue weighted by Gasteiger charge is 2.34. The molecule has 2 saturated heterocycles. The molecule has 2 aliphatic rings. The Morgan fingerprint density at radius 2 is 1.83 bits per heavy atom. The Bertz CT molecular complexity index is 948. The molecule has 1 N–H and O–H groups in total. The Hall–Kier alpha value is -1.68. The smallest absolute Gasteiger partial charge is 0.0349 e. The van der Waals surface area contributed by atoms with Gasteiger partial charge >= 0.3 is 0 Å². The first-order valence-electron chi connectivity index (χ1n) is 11.3. The average molecular weight is 405 g/mol. The molecule has 3 heteroatoms. The van der Waals surface area contributed by atoms with Crippen molar-refractivity contribution in [1.82, 2.24) is 10.2 Å². The second-order valence-corrected chi connectivity index (χ2v) is 10.0. The van der Waals surface area contributed by atoms with Crippen molar-refractivity contribution in [1.29, 1.82) is 0 Å². The van der Waals surface area contributed by atoms with Crippen LogP contribution >= 0.6 is 11.3 Å². The van der Waals surface area contributed by atoms with E-state index >= 15 is 0 Å². The fourth-order valence-electron chi connectivity index (χ4n) is 5.46. The Morgan fingerprint density at radius 1 is 1.00 bits per heavy atom. The van der Waals surface area contributed by atoms with Gasteiger partial charge in [-0.3, -0.25) is 4.90 Å². The van der Waals surface area contributed by atoms with Crippen LogP contribution in [0.1, 0.15) is 42.2 Å². The molecule has 2 aromatic carbocycles. The lowest BCUT2D eigenvalue weighted by molar-refractivity contribution is 0.0932. The highest BCUT2D eigenvalue weighted by Crippen LogP contribution is 2.35. The van der Waals surface area contributed by atoms with Crippen LogP contribution in [-0.2, 0) is 19.4 Å². The first-order valence-corrected chi connectivity index (χ1v) is 12.1. The van der Waals surface area contributed by atoms with Crippen LogP contribution in [0.5, 0.6) is 0 Å². The van der Waals surface area contributed by atoms with Crippen molar-refractivity contribution in [2.45, 2.75) is 57.7 Å². The zero-order valence-corrected chi connectivity index (χ0v) is 18.3. The summed E-state index contributed by atoms with van der Waals surface area (Å²) in [5.74, 6) is 0.811. The summed E-state index contributed by atoms with van der Waals surface area (Å²) >= 11 is 2.00. The topological polar surface area (TPSA) is 15.3 Å². The largest absolute Gasteiger partial charge is 0.311 e. The number of fused-ring (bicyclic) bond motifs is 2. The summed E-state index contributed by atoms with van der Waals surface area (Å²) in [4.78, 5) is 4.31. The average Bonchev–Trinajstić information content (AvgIpc) is 3.12. The molecular weight excluding hydrogens is 372 g/mol. The Labute approximate surface area is 178 Å². The van der Waals surface area contributed by atoms with E-state index in [0.29, 0.717) is 12.1 Å². The molecule has 0 bridgehead atoms. The maximum absolute atomic E-state index is 4.01.